The van der Waals surface area contributed by atoms with Gasteiger partial charge in [-0.2, -0.15) is 0 Å². The fourth-order valence-corrected chi connectivity index (χ4v) is 1.58. The van der Waals surface area contributed by atoms with Crippen molar-refractivity contribution in [3.8, 4) is 0 Å². The highest BCUT2D eigenvalue weighted by Crippen LogP contribution is 2.20. The molecule has 6 N–H and O–H groups in total. The lowest BCUT2D eigenvalue weighted by molar-refractivity contribution is -0.287. The zero-order chi connectivity index (χ0) is 15.4. The second-order valence-corrected chi connectivity index (χ2v) is 4.28. The number of aliphatic hydroxyl groups excluding tert-OH is 5. The molecule has 0 amide bonds. The van der Waals surface area contributed by atoms with Gasteiger partial charge in [-0.25, -0.2) is 4.79 Å². The number of aliphatic carboxylic acids is 1. The molecule has 0 radical (unpaired) electrons. The van der Waals surface area contributed by atoms with Crippen LogP contribution in [-0.2, 0) is 19.1 Å². The predicted molar refractivity (Wildman–Crippen MR) is 58.1 cm³/mol. The molecule has 0 spiro atoms. The minimum absolute atomic E-state index is 0.641. The Bertz CT molecular complexity index is 358. The van der Waals surface area contributed by atoms with Gasteiger partial charge in [0.15, 0.2) is 12.4 Å². The van der Waals surface area contributed by atoms with Crippen LogP contribution in [0.3, 0.4) is 0 Å². The second kappa shape index (κ2) is 6.92. The summed E-state index contributed by atoms with van der Waals surface area (Å²) in [6.45, 7) is -0.641. The van der Waals surface area contributed by atoms with Gasteiger partial charge in [0, 0.05) is 0 Å². The van der Waals surface area contributed by atoms with Gasteiger partial charge in [0.25, 0.3) is 0 Å². The number of carbonyl (C=O) groups is 2. The molecule has 1 saturated heterocycles. The van der Waals surface area contributed by atoms with Crippen molar-refractivity contribution in [2.45, 2.75) is 43.2 Å². The Labute approximate surface area is 112 Å². The fraction of sp³-hybridized carbons (Fsp3) is 0.800. The van der Waals surface area contributed by atoms with Crippen LogP contribution in [0.15, 0.2) is 0 Å². The minimum Gasteiger partial charge on any atom is -0.481 e. The number of rotatable bonds is 5. The van der Waals surface area contributed by atoms with E-state index < -0.39 is 61.8 Å². The zero-order valence-corrected chi connectivity index (χ0v) is 10.2. The maximum absolute atomic E-state index is 11.2. The first-order valence-corrected chi connectivity index (χ1v) is 5.68. The molecule has 0 aromatic heterocycles. The number of hydrogen-bond donors (Lipinski definition) is 6. The molecule has 0 aliphatic carbocycles. The smallest absolute Gasteiger partial charge is 0.335 e. The zero-order valence-electron chi connectivity index (χ0n) is 10.2. The second-order valence-electron chi connectivity index (χ2n) is 4.28. The molecule has 1 aliphatic heterocycles. The summed E-state index contributed by atoms with van der Waals surface area (Å²) in [6.07, 6.45) is -10.9. The van der Waals surface area contributed by atoms with E-state index in [0.717, 1.165) is 0 Å². The molecular weight excluding hydrogens is 280 g/mol. The number of aliphatic hydroxyl groups is 5. The number of hydrogen-bond acceptors (Lipinski definition) is 9. The minimum atomic E-state index is -1.88. The Morgan fingerprint density at radius 1 is 1.10 bits per heavy atom. The summed E-state index contributed by atoms with van der Waals surface area (Å²) in [6, 6.07) is 0. The van der Waals surface area contributed by atoms with Crippen LogP contribution in [-0.4, -0.2) is 86.0 Å². The molecule has 6 unspecified atom stereocenters. The molecule has 1 rings (SSSR count). The first-order chi connectivity index (χ1) is 9.23. The van der Waals surface area contributed by atoms with Crippen molar-refractivity contribution < 1.29 is 49.7 Å². The average Bonchev–Trinajstić information content (AvgIpc) is 2.37. The molecule has 1 fully saturated rings. The number of ether oxygens (including phenoxy) is 2. The van der Waals surface area contributed by atoms with Gasteiger partial charge >= 0.3 is 11.9 Å². The quantitative estimate of drug-likeness (QED) is 0.276. The summed E-state index contributed by atoms with van der Waals surface area (Å²) in [7, 11) is 0. The van der Waals surface area contributed by atoms with Crippen LogP contribution in [0.2, 0.25) is 0 Å². The van der Waals surface area contributed by atoms with E-state index in [2.05, 4.69) is 4.74 Å². The SMILES string of the molecule is O=C(O)CC(O)C(=O)OCC1OC(O)C(O)C(O)C1O. The van der Waals surface area contributed by atoms with E-state index in [1.54, 1.807) is 0 Å². The Hall–Kier alpha value is -1.30. The lowest BCUT2D eigenvalue weighted by Gasteiger charge is -2.37. The highest BCUT2D eigenvalue weighted by Gasteiger charge is 2.43. The maximum Gasteiger partial charge on any atom is 0.335 e. The van der Waals surface area contributed by atoms with E-state index in [4.69, 9.17) is 14.9 Å². The summed E-state index contributed by atoms with van der Waals surface area (Å²) in [4.78, 5) is 21.5. The molecule has 116 valence electrons. The molecule has 10 nitrogen and oxygen atoms in total. The van der Waals surface area contributed by atoms with Crippen molar-refractivity contribution >= 4 is 11.9 Å². The Kier molecular flexibility index (Phi) is 5.80. The molecule has 1 aliphatic rings. The third-order valence-electron chi connectivity index (χ3n) is 2.72. The van der Waals surface area contributed by atoms with E-state index in [-0.39, 0.29) is 0 Å². The van der Waals surface area contributed by atoms with E-state index in [1.165, 1.54) is 0 Å². The first-order valence-electron chi connectivity index (χ1n) is 5.68. The normalized spacial score (nSPS) is 35.4. The summed E-state index contributed by atoms with van der Waals surface area (Å²) in [5, 5.41) is 54.8. The van der Waals surface area contributed by atoms with Crippen molar-refractivity contribution in [3.05, 3.63) is 0 Å². The van der Waals surface area contributed by atoms with Gasteiger partial charge < -0.3 is 40.1 Å². The third kappa shape index (κ3) is 4.10. The molecule has 6 atom stereocenters. The van der Waals surface area contributed by atoms with Gasteiger partial charge in [0.1, 0.15) is 31.0 Å². The molecule has 0 bridgehead atoms. The largest absolute Gasteiger partial charge is 0.481 e. The van der Waals surface area contributed by atoms with Gasteiger partial charge in [0.05, 0.1) is 6.42 Å². The molecule has 0 aromatic carbocycles. The van der Waals surface area contributed by atoms with Crippen LogP contribution in [0.5, 0.6) is 0 Å². The van der Waals surface area contributed by atoms with Crippen LogP contribution < -0.4 is 0 Å². The number of carboxylic acid groups (broad SMARTS) is 1. The summed E-state index contributed by atoms with van der Waals surface area (Å²) >= 11 is 0. The maximum atomic E-state index is 11.2. The number of esters is 1. The van der Waals surface area contributed by atoms with Crippen LogP contribution >= 0.6 is 0 Å². The highest BCUT2D eigenvalue weighted by molar-refractivity contribution is 5.80. The lowest BCUT2D eigenvalue weighted by atomic mass is 9.99. The van der Waals surface area contributed by atoms with Crippen molar-refractivity contribution in [2.24, 2.45) is 0 Å². The lowest BCUT2D eigenvalue weighted by Crippen LogP contribution is -2.58. The highest BCUT2D eigenvalue weighted by atomic mass is 16.7. The van der Waals surface area contributed by atoms with Crippen LogP contribution in [0.4, 0.5) is 0 Å². The summed E-state index contributed by atoms with van der Waals surface area (Å²) in [5.74, 6) is -2.66. The van der Waals surface area contributed by atoms with Gasteiger partial charge in [-0.15, -0.1) is 0 Å². The molecule has 20 heavy (non-hydrogen) atoms. The monoisotopic (exact) mass is 296 g/mol. The fourth-order valence-electron chi connectivity index (χ4n) is 1.58. The Morgan fingerprint density at radius 3 is 2.25 bits per heavy atom. The molecule has 1 heterocycles. The predicted octanol–water partition coefficient (Wildman–Crippen LogP) is -3.83. The Balaban J connectivity index is 2.48. The molecule has 0 aromatic rings. The van der Waals surface area contributed by atoms with Crippen LogP contribution in [0.1, 0.15) is 6.42 Å². The topological polar surface area (TPSA) is 174 Å². The van der Waals surface area contributed by atoms with Crippen LogP contribution in [0.25, 0.3) is 0 Å². The third-order valence-corrected chi connectivity index (χ3v) is 2.72. The molecular formula is C10H16O10. The number of carboxylic acids is 1. The molecule has 10 heteroatoms. The van der Waals surface area contributed by atoms with Gasteiger partial charge in [-0.1, -0.05) is 0 Å². The summed E-state index contributed by atoms with van der Waals surface area (Å²) < 4.78 is 9.22. The summed E-state index contributed by atoms with van der Waals surface area (Å²) in [5.41, 5.74) is 0. The van der Waals surface area contributed by atoms with Gasteiger partial charge in [0.2, 0.25) is 0 Å². The van der Waals surface area contributed by atoms with Crippen molar-refractivity contribution in [3.63, 3.8) is 0 Å². The van der Waals surface area contributed by atoms with E-state index >= 15 is 0 Å². The van der Waals surface area contributed by atoms with Crippen LogP contribution in [0, 0.1) is 0 Å². The standard InChI is InChI=1S/C10H16O10/c11-3(1-5(12)13)9(17)19-2-4-6(14)7(15)8(16)10(18)20-4/h3-4,6-8,10-11,14-16,18H,1-2H2,(H,12,13). The number of carbonyl (C=O) groups excluding carboxylic acids is 1. The van der Waals surface area contributed by atoms with Crippen molar-refractivity contribution in [1.82, 2.24) is 0 Å². The molecule has 0 saturated carbocycles. The average molecular weight is 296 g/mol. The van der Waals surface area contributed by atoms with E-state index in [0.29, 0.717) is 0 Å². The van der Waals surface area contributed by atoms with Gasteiger partial charge in [-0.05, 0) is 0 Å². The van der Waals surface area contributed by atoms with Crippen molar-refractivity contribution in [1.29, 1.82) is 0 Å². The first kappa shape index (κ1) is 16.8. The van der Waals surface area contributed by atoms with E-state index in [1.807, 2.05) is 0 Å². The van der Waals surface area contributed by atoms with Gasteiger partial charge in [-0.3, -0.25) is 4.79 Å². The van der Waals surface area contributed by atoms with Crippen molar-refractivity contribution in [2.75, 3.05) is 6.61 Å². The van der Waals surface area contributed by atoms with E-state index in [9.17, 15) is 30.0 Å². The Morgan fingerprint density at radius 2 is 1.70 bits per heavy atom.